The molecular weight excluding hydrogens is 602 g/mol. The molecule has 0 saturated carbocycles. The van der Waals surface area contributed by atoms with Gasteiger partial charge in [-0.1, -0.05) is 0 Å². The average Bonchev–Trinajstić information content (AvgIpc) is 3.39. The molecular formula is C32H40F2N6O4S. The van der Waals surface area contributed by atoms with Gasteiger partial charge in [-0.2, -0.15) is 0 Å². The Balaban J connectivity index is 1.48. The number of thioether (sulfide) groups is 1. The van der Waals surface area contributed by atoms with Crippen molar-refractivity contribution in [1.29, 1.82) is 0 Å². The van der Waals surface area contributed by atoms with Crippen LogP contribution in [0.25, 0.3) is 11.1 Å². The van der Waals surface area contributed by atoms with Gasteiger partial charge in [0.1, 0.15) is 0 Å². The number of amides is 1. The van der Waals surface area contributed by atoms with Crippen LogP contribution in [-0.4, -0.2) is 77.5 Å². The standard InChI is InChI=1S/C32H40F2N6O4S/c1-7-39(5)31-36-14-20(15-37-31)23-13-22(29(41)35-16-24-25(45-6)12-18(2)38-30(24)42)19(3)27-28(23)44-32(4,43-27)21-8-10-40(11-9-21)17-26(33)34/h12-15,21,26H,7-11,16-17H2,1-6H3,(H,35,41)(H,38,42)/t32-/m0/s1. The van der Waals surface area contributed by atoms with Crippen LogP contribution in [0.1, 0.15) is 53.9 Å². The van der Waals surface area contributed by atoms with Crippen LogP contribution in [-0.2, 0) is 6.54 Å². The van der Waals surface area contributed by atoms with Gasteiger partial charge in [-0.05, 0) is 65.1 Å². The molecule has 242 valence electrons. The van der Waals surface area contributed by atoms with Crippen molar-refractivity contribution in [2.75, 3.05) is 44.4 Å². The number of fused-ring (bicyclic) bond motifs is 1. The molecule has 0 bridgehead atoms. The normalized spacial score (nSPS) is 18.4. The number of pyridine rings is 1. The smallest absolute Gasteiger partial charge is 0.254 e. The van der Waals surface area contributed by atoms with Gasteiger partial charge in [0.15, 0.2) is 11.5 Å². The van der Waals surface area contributed by atoms with Gasteiger partial charge >= 0.3 is 0 Å². The monoisotopic (exact) mass is 642 g/mol. The van der Waals surface area contributed by atoms with Gasteiger partial charge in [0.2, 0.25) is 5.95 Å². The summed E-state index contributed by atoms with van der Waals surface area (Å²) in [7, 11) is 1.90. The number of piperidine rings is 1. The van der Waals surface area contributed by atoms with E-state index in [9.17, 15) is 18.4 Å². The van der Waals surface area contributed by atoms with Crippen LogP contribution in [0.5, 0.6) is 11.5 Å². The number of likely N-dealkylation sites (tertiary alicyclic amines) is 1. The quantitative estimate of drug-likeness (QED) is 0.295. The Morgan fingerprint density at radius 2 is 1.87 bits per heavy atom. The summed E-state index contributed by atoms with van der Waals surface area (Å²) in [5, 5.41) is 2.92. The first-order valence-corrected chi connectivity index (χ1v) is 16.3. The fourth-order valence-electron chi connectivity index (χ4n) is 5.93. The molecule has 4 heterocycles. The van der Waals surface area contributed by atoms with Crippen LogP contribution in [0.15, 0.2) is 34.2 Å². The Morgan fingerprint density at radius 3 is 2.49 bits per heavy atom. The summed E-state index contributed by atoms with van der Waals surface area (Å²) in [5.74, 6) is 0.0139. The fraction of sp³-hybridized carbons (Fsp3) is 0.500. The number of halogens is 2. The second-order valence-electron chi connectivity index (χ2n) is 11.7. The summed E-state index contributed by atoms with van der Waals surface area (Å²) in [6, 6.07) is 3.64. The van der Waals surface area contributed by atoms with Crippen LogP contribution in [0, 0.1) is 19.8 Å². The molecule has 1 saturated heterocycles. The molecule has 1 amide bonds. The average molecular weight is 643 g/mol. The van der Waals surface area contributed by atoms with E-state index < -0.39 is 12.2 Å². The van der Waals surface area contributed by atoms with Crippen LogP contribution in [0.3, 0.4) is 0 Å². The third-order valence-electron chi connectivity index (χ3n) is 8.70. The van der Waals surface area contributed by atoms with Gasteiger partial charge in [0, 0.05) is 83.8 Å². The molecule has 2 aliphatic rings. The number of hydrogen-bond acceptors (Lipinski definition) is 9. The van der Waals surface area contributed by atoms with Crippen molar-refractivity contribution in [3.63, 3.8) is 0 Å². The van der Waals surface area contributed by atoms with Gasteiger partial charge in [0.05, 0.1) is 6.54 Å². The molecule has 1 atom stereocenters. The number of rotatable bonds is 10. The topological polar surface area (TPSA) is 113 Å². The predicted molar refractivity (Wildman–Crippen MR) is 171 cm³/mol. The lowest BCUT2D eigenvalue weighted by Gasteiger charge is -2.38. The number of alkyl halides is 2. The number of nitrogens with zero attached hydrogens (tertiary/aromatic N) is 4. The molecule has 5 rings (SSSR count). The molecule has 13 heteroatoms. The summed E-state index contributed by atoms with van der Waals surface area (Å²) in [5.41, 5.74) is 3.19. The first kappa shape index (κ1) is 32.7. The second kappa shape index (κ2) is 13.3. The van der Waals surface area contributed by atoms with Crippen LogP contribution in [0.4, 0.5) is 14.7 Å². The summed E-state index contributed by atoms with van der Waals surface area (Å²) >= 11 is 1.45. The van der Waals surface area contributed by atoms with Crippen LogP contribution >= 0.6 is 11.8 Å². The molecule has 0 aliphatic carbocycles. The van der Waals surface area contributed by atoms with E-state index in [1.807, 2.05) is 45.0 Å². The van der Waals surface area contributed by atoms with E-state index >= 15 is 0 Å². The zero-order valence-corrected chi connectivity index (χ0v) is 27.3. The number of aromatic amines is 1. The fourth-order valence-corrected chi connectivity index (χ4v) is 6.64. The maximum atomic E-state index is 13.7. The summed E-state index contributed by atoms with van der Waals surface area (Å²) in [4.78, 5) is 42.8. The molecule has 0 radical (unpaired) electrons. The van der Waals surface area contributed by atoms with Gasteiger partial charge in [-0.25, -0.2) is 18.7 Å². The lowest BCUT2D eigenvalue weighted by atomic mass is 9.89. The number of carbonyl (C=O) groups is 1. The molecule has 0 spiro atoms. The highest BCUT2D eigenvalue weighted by molar-refractivity contribution is 7.98. The first-order chi connectivity index (χ1) is 21.4. The highest BCUT2D eigenvalue weighted by atomic mass is 32.2. The number of benzene rings is 1. The summed E-state index contributed by atoms with van der Waals surface area (Å²) in [6.07, 6.45) is 4.15. The van der Waals surface area contributed by atoms with E-state index in [1.54, 1.807) is 30.3 Å². The number of carbonyl (C=O) groups excluding carboxylic acids is 1. The Bertz CT molecular complexity index is 1610. The van der Waals surface area contributed by atoms with Crippen molar-refractivity contribution < 1.29 is 23.0 Å². The largest absolute Gasteiger partial charge is 0.448 e. The summed E-state index contributed by atoms with van der Waals surface area (Å²) in [6.45, 7) is 9.06. The van der Waals surface area contributed by atoms with E-state index in [-0.39, 0.29) is 30.5 Å². The minimum absolute atomic E-state index is 0.0455. The number of H-pyrrole nitrogens is 1. The lowest BCUT2D eigenvalue weighted by Crippen LogP contribution is -2.49. The Kier molecular flexibility index (Phi) is 9.68. The number of hydrogen-bond donors (Lipinski definition) is 2. The molecule has 45 heavy (non-hydrogen) atoms. The molecule has 1 fully saturated rings. The Hall–Kier alpha value is -3.71. The van der Waals surface area contributed by atoms with E-state index in [4.69, 9.17) is 9.47 Å². The molecule has 3 aromatic rings. The van der Waals surface area contributed by atoms with Crippen LogP contribution < -0.4 is 25.2 Å². The molecule has 2 N–H and O–H groups in total. The highest BCUT2D eigenvalue weighted by Crippen LogP contribution is 2.52. The predicted octanol–water partition coefficient (Wildman–Crippen LogP) is 5.02. The van der Waals surface area contributed by atoms with Crippen molar-refractivity contribution >= 4 is 23.6 Å². The number of aromatic nitrogens is 3. The van der Waals surface area contributed by atoms with Gasteiger partial charge < -0.3 is 24.7 Å². The molecule has 0 unspecified atom stereocenters. The van der Waals surface area contributed by atoms with E-state index in [0.717, 1.165) is 17.1 Å². The van der Waals surface area contributed by atoms with Crippen molar-refractivity contribution in [2.45, 2.75) is 64.2 Å². The van der Waals surface area contributed by atoms with Gasteiger partial charge in [0.25, 0.3) is 23.7 Å². The Morgan fingerprint density at radius 1 is 1.20 bits per heavy atom. The van der Waals surface area contributed by atoms with E-state index in [2.05, 4.69) is 20.3 Å². The maximum absolute atomic E-state index is 13.7. The maximum Gasteiger partial charge on any atom is 0.254 e. The minimum atomic E-state index is -2.38. The van der Waals surface area contributed by atoms with E-state index in [0.29, 0.717) is 71.2 Å². The Labute approximate surface area is 265 Å². The van der Waals surface area contributed by atoms with E-state index in [1.165, 1.54) is 11.8 Å². The molecule has 1 aromatic carbocycles. The van der Waals surface area contributed by atoms with Crippen molar-refractivity contribution in [1.82, 2.24) is 25.2 Å². The number of aryl methyl sites for hydroxylation is 1. The third kappa shape index (κ3) is 6.79. The van der Waals surface area contributed by atoms with Gasteiger partial charge in [-0.3, -0.25) is 14.5 Å². The van der Waals surface area contributed by atoms with Crippen molar-refractivity contribution in [2.24, 2.45) is 5.92 Å². The minimum Gasteiger partial charge on any atom is -0.448 e. The number of anilines is 1. The second-order valence-corrected chi connectivity index (χ2v) is 12.6. The number of ether oxygens (including phenoxy) is 2. The molecule has 2 aliphatic heterocycles. The zero-order chi connectivity index (χ0) is 32.5. The third-order valence-corrected chi connectivity index (χ3v) is 9.51. The molecule has 2 aromatic heterocycles. The summed E-state index contributed by atoms with van der Waals surface area (Å²) < 4.78 is 39.1. The lowest BCUT2D eigenvalue weighted by molar-refractivity contribution is -0.126. The zero-order valence-electron chi connectivity index (χ0n) is 26.5. The highest BCUT2D eigenvalue weighted by Gasteiger charge is 2.47. The number of nitrogens with one attached hydrogen (secondary N) is 2. The van der Waals surface area contributed by atoms with Crippen LogP contribution in [0.2, 0.25) is 0 Å². The van der Waals surface area contributed by atoms with Gasteiger partial charge in [-0.15, -0.1) is 11.8 Å². The SMILES string of the molecule is CCN(C)c1ncc(-c2cc(C(=O)NCc3c(SC)cc(C)[nH]c3=O)c(C)c3c2O[C@@](C)(C2CCN(CC(F)F)CC2)O3)cn1. The first-order valence-electron chi connectivity index (χ1n) is 15.1. The molecule has 10 nitrogen and oxygen atoms in total. The van der Waals surface area contributed by atoms with Crippen molar-refractivity contribution in [3.05, 3.63) is 57.3 Å². The van der Waals surface area contributed by atoms with Crippen molar-refractivity contribution in [3.8, 4) is 22.6 Å².